The second-order valence-corrected chi connectivity index (χ2v) is 4.96. The Kier molecular flexibility index (Phi) is 4.93. The molecule has 6 nitrogen and oxygen atoms in total. The predicted molar refractivity (Wildman–Crippen MR) is 80.5 cm³/mol. The van der Waals surface area contributed by atoms with Crippen molar-refractivity contribution < 1.29 is 9.84 Å². The zero-order valence-electron chi connectivity index (χ0n) is 11.9. The topological polar surface area (TPSA) is 80.2 Å². The molecule has 0 radical (unpaired) electrons. The van der Waals surface area contributed by atoms with Crippen LogP contribution in [0.2, 0.25) is 5.28 Å². The summed E-state index contributed by atoms with van der Waals surface area (Å²) in [4.78, 5) is 12.0. The molecule has 0 fully saturated rings. The first kappa shape index (κ1) is 15.5. The Morgan fingerprint density at radius 3 is 2.57 bits per heavy atom. The molecular formula is C14H17ClN4O2. The summed E-state index contributed by atoms with van der Waals surface area (Å²) >= 11 is 5.86. The van der Waals surface area contributed by atoms with Gasteiger partial charge in [-0.3, -0.25) is 0 Å². The van der Waals surface area contributed by atoms with E-state index in [9.17, 15) is 5.11 Å². The van der Waals surface area contributed by atoms with E-state index >= 15 is 0 Å². The van der Waals surface area contributed by atoms with Gasteiger partial charge in [0.1, 0.15) is 0 Å². The fraction of sp³-hybridized carbons (Fsp3) is 0.357. The third-order valence-corrected chi connectivity index (χ3v) is 3.14. The van der Waals surface area contributed by atoms with Gasteiger partial charge in [0.05, 0.1) is 18.8 Å². The minimum atomic E-state index is -0.741. The number of anilines is 1. The van der Waals surface area contributed by atoms with E-state index in [1.807, 2.05) is 44.2 Å². The number of nitrogens with one attached hydrogen (secondary N) is 1. The fourth-order valence-electron chi connectivity index (χ4n) is 1.84. The zero-order chi connectivity index (χ0) is 15.3. The molecule has 21 heavy (non-hydrogen) atoms. The maximum atomic E-state index is 9.74. The molecule has 0 spiro atoms. The molecule has 0 saturated heterocycles. The van der Waals surface area contributed by atoms with Gasteiger partial charge in [-0.05, 0) is 31.0 Å². The molecule has 2 rings (SSSR count). The van der Waals surface area contributed by atoms with Gasteiger partial charge in [-0.1, -0.05) is 30.3 Å². The molecule has 0 aliphatic carbocycles. The smallest absolute Gasteiger partial charge is 0.322 e. The van der Waals surface area contributed by atoms with E-state index in [2.05, 4.69) is 20.3 Å². The van der Waals surface area contributed by atoms with Crippen molar-refractivity contribution in [1.82, 2.24) is 15.0 Å². The maximum absolute atomic E-state index is 9.74. The normalized spacial score (nSPS) is 13.5. The summed E-state index contributed by atoms with van der Waals surface area (Å²) in [6.07, 6.45) is 0. The summed E-state index contributed by atoms with van der Waals surface area (Å²) in [7, 11) is 0. The average Bonchev–Trinajstić information content (AvgIpc) is 2.48. The number of aliphatic hydroxyl groups is 1. The molecule has 1 aromatic carbocycles. The highest BCUT2D eigenvalue weighted by Crippen LogP contribution is 2.25. The quantitative estimate of drug-likeness (QED) is 0.852. The molecule has 1 atom stereocenters. The van der Waals surface area contributed by atoms with Gasteiger partial charge in [0.2, 0.25) is 11.2 Å². The lowest BCUT2D eigenvalue weighted by Gasteiger charge is -2.29. The lowest BCUT2D eigenvalue weighted by molar-refractivity contribution is 0.223. The molecular weight excluding hydrogens is 292 g/mol. The van der Waals surface area contributed by atoms with Crippen molar-refractivity contribution >= 4 is 17.5 Å². The van der Waals surface area contributed by atoms with E-state index in [-0.39, 0.29) is 23.8 Å². The van der Waals surface area contributed by atoms with Crippen LogP contribution in [0.5, 0.6) is 6.01 Å². The standard InChI is InChI=1S/C14H17ClN4O2/c1-3-21-13-17-11(15)16-12(18-13)19-14(2,9-20)10-7-5-4-6-8-10/h4-8,20H,3,9H2,1-2H3,(H,16,17,18,19). The Bertz CT molecular complexity index is 597. The van der Waals surface area contributed by atoms with Crippen LogP contribution in [0.4, 0.5) is 5.95 Å². The fourth-order valence-corrected chi connectivity index (χ4v) is 1.99. The van der Waals surface area contributed by atoms with Crippen LogP contribution in [-0.2, 0) is 5.54 Å². The minimum Gasteiger partial charge on any atom is -0.464 e. The van der Waals surface area contributed by atoms with Gasteiger partial charge in [0.15, 0.2) is 0 Å². The number of rotatable bonds is 6. The lowest BCUT2D eigenvalue weighted by atomic mass is 9.93. The van der Waals surface area contributed by atoms with E-state index in [1.165, 1.54) is 0 Å². The van der Waals surface area contributed by atoms with Gasteiger partial charge >= 0.3 is 6.01 Å². The Morgan fingerprint density at radius 1 is 1.24 bits per heavy atom. The third-order valence-electron chi connectivity index (χ3n) is 2.98. The summed E-state index contributed by atoms with van der Waals surface area (Å²) in [6.45, 7) is 3.97. The summed E-state index contributed by atoms with van der Waals surface area (Å²) < 4.78 is 5.23. The van der Waals surface area contributed by atoms with Crippen LogP contribution in [0.1, 0.15) is 19.4 Å². The molecule has 0 bridgehead atoms. The minimum absolute atomic E-state index is 0.0318. The van der Waals surface area contributed by atoms with Crippen molar-refractivity contribution in [2.24, 2.45) is 0 Å². The molecule has 7 heteroatoms. The number of nitrogens with zero attached hydrogens (tertiary/aromatic N) is 3. The van der Waals surface area contributed by atoms with Gasteiger partial charge in [-0.15, -0.1) is 0 Å². The number of hydrogen-bond donors (Lipinski definition) is 2. The van der Waals surface area contributed by atoms with Crippen LogP contribution in [0, 0.1) is 0 Å². The first-order chi connectivity index (χ1) is 10.1. The van der Waals surface area contributed by atoms with Crippen LogP contribution >= 0.6 is 11.6 Å². The first-order valence-corrected chi connectivity index (χ1v) is 6.94. The Hall–Kier alpha value is -1.92. The molecule has 2 aromatic rings. The van der Waals surface area contributed by atoms with Gasteiger partial charge in [-0.25, -0.2) is 0 Å². The Morgan fingerprint density at radius 2 is 1.95 bits per heavy atom. The van der Waals surface area contributed by atoms with E-state index in [1.54, 1.807) is 0 Å². The second-order valence-electron chi connectivity index (χ2n) is 4.62. The maximum Gasteiger partial charge on any atom is 0.322 e. The molecule has 0 saturated carbocycles. The lowest BCUT2D eigenvalue weighted by Crippen LogP contribution is -2.36. The monoisotopic (exact) mass is 308 g/mol. The van der Waals surface area contributed by atoms with Gasteiger partial charge in [-0.2, -0.15) is 15.0 Å². The van der Waals surface area contributed by atoms with Crippen molar-refractivity contribution in [3.63, 3.8) is 0 Å². The van der Waals surface area contributed by atoms with Gasteiger partial charge < -0.3 is 15.2 Å². The molecule has 2 N–H and O–H groups in total. The molecule has 0 amide bonds. The number of halogens is 1. The van der Waals surface area contributed by atoms with Crippen molar-refractivity contribution in [2.45, 2.75) is 19.4 Å². The Labute approximate surface area is 128 Å². The van der Waals surface area contributed by atoms with Crippen molar-refractivity contribution in [3.05, 3.63) is 41.2 Å². The van der Waals surface area contributed by atoms with E-state index in [0.29, 0.717) is 6.61 Å². The van der Waals surface area contributed by atoms with Crippen molar-refractivity contribution in [2.75, 3.05) is 18.5 Å². The van der Waals surface area contributed by atoms with Crippen molar-refractivity contribution in [3.8, 4) is 6.01 Å². The molecule has 0 aliphatic rings. The number of benzene rings is 1. The highest BCUT2D eigenvalue weighted by atomic mass is 35.5. The van der Waals surface area contributed by atoms with Gasteiger partial charge in [0.25, 0.3) is 0 Å². The number of hydrogen-bond acceptors (Lipinski definition) is 6. The second kappa shape index (κ2) is 6.69. The summed E-state index contributed by atoms with van der Waals surface area (Å²) in [6, 6.07) is 9.68. The molecule has 1 unspecified atom stereocenters. The highest BCUT2D eigenvalue weighted by Gasteiger charge is 2.27. The Balaban J connectivity index is 2.30. The van der Waals surface area contributed by atoms with Crippen LogP contribution in [0.15, 0.2) is 30.3 Å². The molecule has 112 valence electrons. The summed E-state index contributed by atoms with van der Waals surface area (Å²) in [5.41, 5.74) is 0.164. The van der Waals surface area contributed by atoms with Crippen LogP contribution in [-0.4, -0.2) is 33.3 Å². The zero-order valence-corrected chi connectivity index (χ0v) is 12.6. The van der Waals surface area contributed by atoms with Crippen LogP contribution in [0.25, 0.3) is 0 Å². The third kappa shape index (κ3) is 3.80. The summed E-state index contributed by atoms with van der Waals surface area (Å²) in [5.74, 6) is 0.249. The molecule has 0 aliphatic heterocycles. The number of aromatic nitrogens is 3. The van der Waals surface area contributed by atoms with Crippen LogP contribution < -0.4 is 10.1 Å². The number of ether oxygens (including phenoxy) is 1. The van der Waals surface area contributed by atoms with E-state index in [4.69, 9.17) is 16.3 Å². The largest absolute Gasteiger partial charge is 0.464 e. The SMILES string of the molecule is CCOc1nc(Cl)nc(NC(C)(CO)c2ccccc2)n1. The molecule has 1 aromatic heterocycles. The predicted octanol–water partition coefficient (Wildman–Crippen LogP) is 2.24. The first-order valence-electron chi connectivity index (χ1n) is 6.56. The molecule has 1 heterocycles. The van der Waals surface area contributed by atoms with Gasteiger partial charge in [0, 0.05) is 0 Å². The van der Waals surface area contributed by atoms with Crippen LogP contribution in [0.3, 0.4) is 0 Å². The number of aliphatic hydroxyl groups excluding tert-OH is 1. The average molecular weight is 309 g/mol. The highest BCUT2D eigenvalue weighted by molar-refractivity contribution is 6.28. The van der Waals surface area contributed by atoms with E-state index in [0.717, 1.165) is 5.56 Å². The summed E-state index contributed by atoms with van der Waals surface area (Å²) in [5, 5.41) is 12.9. The van der Waals surface area contributed by atoms with E-state index < -0.39 is 5.54 Å². The van der Waals surface area contributed by atoms with Crippen molar-refractivity contribution in [1.29, 1.82) is 0 Å².